The summed E-state index contributed by atoms with van der Waals surface area (Å²) >= 11 is 3.22. The molecule has 0 atom stereocenters. The fourth-order valence-corrected chi connectivity index (χ4v) is 2.92. The van der Waals surface area contributed by atoms with Gasteiger partial charge in [-0.25, -0.2) is 0 Å². The lowest BCUT2D eigenvalue weighted by Crippen LogP contribution is -2.30. The van der Waals surface area contributed by atoms with Crippen molar-refractivity contribution < 1.29 is 4.79 Å². The second-order valence-electron chi connectivity index (χ2n) is 5.86. The number of carbonyl (C=O) groups excluding carboxylic acids is 1. The highest BCUT2D eigenvalue weighted by Crippen LogP contribution is 2.11. The monoisotopic (exact) mass is 413 g/mol. The molecule has 0 spiro atoms. The molecule has 2 heterocycles. The van der Waals surface area contributed by atoms with Crippen molar-refractivity contribution in [3.63, 3.8) is 0 Å². The van der Waals surface area contributed by atoms with Crippen LogP contribution in [0.25, 0.3) is 0 Å². The van der Waals surface area contributed by atoms with E-state index in [9.17, 15) is 14.4 Å². The maximum atomic E-state index is 12.6. The highest BCUT2D eigenvalue weighted by molar-refractivity contribution is 9.10. The molecule has 132 valence electrons. The molecule has 0 unspecified atom stereocenters. The van der Waals surface area contributed by atoms with Crippen molar-refractivity contribution in [2.45, 2.75) is 13.5 Å². The van der Waals surface area contributed by atoms with E-state index in [1.54, 1.807) is 12.3 Å². The summed E-state index contributed by atoms with van der Waals surface area (Å²) in [5, 5.41) is 2.48. The van der Waals surface area contributed by atoms with Crippen molar-refractivity contribution in [1.29, 1.82) is 0 Å². The second kappa shape index (κ2) is 7.53. The lowest BCUT2D eigenvalue weighted by atomic mass is 10.1. The molecule has 6 nitrogen and oxygen atoms in total. The van der Waals surface area contributed by atoms with Crippen LogP contribution in [0.15, 0.2) is 68.9 Å². The molecule has 0 saturated carbocycles. The number of aromatic nitrogens is 2. The molecule has 0 aliphatic carbocycles. The third kappa shape index (κ3) is 4.00. The summed E-state index contributed by atoms with van der Waals surface area (Å²) in [6.07, 6.45) is 3.10. The van der Waals surface area contributed by atoms with Crippen LogP contribution >= 0.6 is 15.9 Å². The third-order valence-corrected chi connectivity index (χ3v) is 4.27. The predicted molar refractivity (Wildman–Crippen MR) is 104 cm³/mol. The van der Waals surface area contributed by atoms with Gasteiger partial charge in [0.05, 0.1) is 6.54 Å². The number of aryl methyl sites for hydroxylation is 1. The molecule has 3 aromatic rings. The number of nitrogens with one attached hydrogen (secondary N) is 2. The Hall–Kier alpha value is -2.93. The lowest BCUT2D eigenvalue weighted by molar-refractivity contribution is 0.102. The van der Waals surface area contributed by atoms with Gasteiger partial charge in [-0.3, -0.25) is 14.4 Å². The van der Waals surface area contributed by atoms with Crippen LogP contribution in [0.5, 0.6) is 0 Å². The first kappa shape index (κ1) is 17.9. The number of rotatable bonds is 4. The second-order valence-corrected chi connectivity index (χ2v) is 6.77. The van der Waals surface area contributed by atoms with E-state index in [0.29, 0.717) is 11.0 Å². The molecule has 0 aliphatic heterocycles. The standard InChI is InChI=1S/C19H16BrN3O3/c1-12-4-2-5-13(8-12)11-23-7-3-6-15(19(23)26)17(24)22-16-9-14(20)10-21-18(16)25/h2-10H,11H2,1H3,(H,21,25)(H,22,24). The summed E-state index contributed by atoms with van der Waals surface area (Å²) in [5.41, 5.74) is 1.24. The molecule has 0 saturated heterocycles. The number of nitrogens with zero attached hydrogens (tertiary/aromatic N) is 1. The number of amides is 1. The van der Waals surface area contributed by atoms with Crippen LogP contribution in [-0.4, -0.2) is 15.5 Å². The van der Waals surface area contributed by atoms with Crippen LogP contribution in [0.4, 0.5) is 5.69 Å². The van der Waals surface area contributed by atoms with Crippen molar-refractivity contribution in [1.82, 2.24) is 9.55 Å². The average molecular weight is 414 g/mol. The number of benzene rings is 1. The Kier molecular flexibility index (Phi) is 5.18. The van der Waals surface area contributed by atoms with E-state index in [4.69, 9.17) is 0 Å². The van der Waals surface area contributed by atoms with Gasteiger partial charge in [0, 0.05) is 16.9 Å². The molecule has 0 bridgehead atoms. The fraction of sp³-hybridized carbons (Fsp3) is 0.105. The van der Waals surface area contributed by atoms with Crippen molar-refractivity contribution in [2.75, 3.05) is 5.32 Å². The number of anilines is 1. The zero-order valence-electron chi connectivity index (χ0n) is 14.0. The van der Waals surface area contributed by atoms with Gasteiger partial charge < -0.3 is 14.9 Å². The predicted octanol–water partition coefficient (Wildman–Crippen LogP) is 2.91. The number of carbonyl (C=O) groups is 1. The van der Waals surface area contributed by atoms with Gasteiger partial charge in [0.2, 0.25) is 0 Å². The smallest absolute Gasteiger partial charge is 0.271 e. The number of halogens is 1. The van der Waals surface area contributed by atoms with Gasteiger partial charge in [0.1, 0.15) is 11.3 Å². The van der Waals surface area contributed by atoms with Gasteiger partial charge >= 0.3 is 0 Å². The van der Waals surface area contributed by atoms with E-state index in [1.165, 1.54) is 22.9 Å². The fourth-order valence-electron chi connectivity index (χ4n) is 2.58. The molecular formula is C19H16BrN3O3. The SMILES string of the molecule is Cc1cccc(Cn2cccc(C(=O)Nc3cc(Br)c[nH]c3=O)c2=O)c1. The van der Waals surface area contributed by atoms with Crippen LogP contribution in [0.2, 0.25) is 0 Å². The molecule has 0 fully saturated rings. The Morgan fingerprint density at radius 1 is 1.19 bits per heavy atom. The zero-order valence-corrected chi connectivity index (χ0v) is 15.5. The number of hydrogen-bond acceptors (Lipinski definition) is 3. The van der Waals surface area contributed by atoms with E-state index in [2.05, 4.69) is 26.2 Å². The van der Waals surface area contributed by atoms with Crippen molar-refractivity contribution in [3.05, 3.63) is 96.7 Å². The van der Waals surface area contributed by atoms with Gasteiger partial charge in [-0.1, -0.05) is 29.8 Å². The molecule has 2 N–H and O–H groups in total. The number of H-pyrrole nitrogens is 1. The average Bonchev–Trinajstić information content (AvgIpc) is 2.60. The summed E-state index contributed by atoms with van der Waals surface area (Å²) in [7, 11) is 0. The van der Waals surface area contributed by atoms with E-state index in [1.807, 2.05) is 31.2 Å². The largest absolute Gasteiger partial charge is 0.326 e. The molecule has 3 rings (SSSR count). The summed E-state index contributed by atoms with van der Waals surface area (Å²) in [5.74, 6) is -0.628. The minimum Gasteiger partial charge on any atom is -0.326 e. The maximum Gasteiger partial charge on any atom is 0.271 e. The molecule has 0 aliphatic rings. The van der Waals surface area contributed by atoms with Gasteiger partial charge in [0.25, 0.3) is 17.0 Å². The molecular weight excluding hydrogens is 398 g/mol. The zero-order chi connectivity index (χ0) is 18.7. The Bertz CT molecular complexity index is 1090. The molecule has 0 radical (unpaired) electrons. The summed E-state index contributed by atoms with van der Waals surface area (Å²) in [6.45, 7) is 2.34. The van der Waals surface area contributed by atoms with E-state index in [0.717, 1.165) is 11.1 Å². The van der Waals surface area contributed by atoms with Gasteiger partial charge in [0.15, 0.2) is 0 Å². The highest BCUT2D eigenvalue weighted by Gasteiger charge is 2.14. The minimum absolute atomic E-state index is 0.0282. The first-order valence-corrected chi connectivity index (χ1v) is 8.68. The normalized spacial score (nSPS) is 10.5. The van der Waals surface area contributed by atoms with E-state index < -0.39 is 17.0 Å². The van der Waals surface area contributed by atoms with Gasteiger partial charge in [-0.15, -0.1) is 0 Å². The van der Waals surface area contributed by atoms with Crippen LogP contribution in [0.1, 0.15) is 21.5 Å². The summed E-state index contributed by atoms with van der Waals surface area (Å²) in [6, 6.07) is 12.4. The Labute approximate surface area is 157 Å². The highest BCUT2D eigenvalue weighted by atomic mass is 79.9. The first-order chi connectivity index (χ1) is 12.4. The van der Waals surface area contributed by atoms with Crippen LogP contribution in [0.3, 0.4) is 0 Å². The number of aromatic amines is 1. The summed E-state index contributed by atoms with van der Waals surface area (Å²) < 4.78 is 2.08. The molecule has 1 aromatic carbocycles. The van der Waals surface area contributed by atoms with Crippen molar-refractivity contribution in [3.8, 4) is 0 Å². The molecule has 26 heavy (non-hydrogen) atoms. The Balaban J connectivity index is 1.89. The molecule has 7 heteroatoms. The Morgan fingerprint density at radius 2 is 2.00 bits per heavy atom. The van der Waals surface area contributed by atoms with E-state index in [-0.39, 0.29) is 11.3 Å². The van der Waals surface area contributed by atoms with Crippen LogP contribution in [-0.2, 0) is 6.54 Å². The van der Waals surface area contributed by atoms with Crippen LogP contribution < -0.4 is 16.4 Å². The summed E-state index contributed by atoms with van der Waals surface area (Å²) in [4.78, 5) is 39.4. The van der Waals surface area contributed by atoms with Gasteiger partial charge in [-0.2, -0.15) is 0 Å². The number of hydrogen-bond donors (Lipinski definition) is 2. The molecule has 2 aromatic heterocycles. The minimum atomic E-state index is -0.628. The van der Waals surface area contributed by atoms with Crippen molar-refractivity contribution >= 4 is 27.5 Å². The number of pyridine rings is 2. The first-order valence-electron chi connectivity index (χ1n) is 7.88. The van der Waals surface area contributed by atoms with Crippen molar-refractivity contribution in [2.24, 2.45) is 0 Å². The van der Waals surface area contributed by atoms with Crippen LogP contribution in [0, 0.1) is 6.92 Å². The Morgan fingerprint density at radius 3 is 2.77 bits per heavy atom. The molecule has 1 amide bonds. The topological polar surface area (TPSA) is 84.0 Å². The lowest BCUT2D eigenvalue weighted by Gasteiger charge is -2.09. The maximum absolute atomic E-state index is 12.6. The third-order valence-electron chi connectivity index (χ3n) is 3.82. The quantitative estimate of drug-likeness (QED) is 0.689. The van der Waals surface area contributed by atoms with E-state index >= 15 is 0 Å². The van der Waals surface area contributed by atoms with Gasteiger partial charge in [-0.05, 0) is 46.6 Å².